The average Bonchev–Trinajstić information content (AvgIpc) is 2.86. The Balaban J connectivity index is 1.83. The van der Waals surface area contributed by atoms with E-state index in [1.54, 1.807) is 30.3 Å². The third kappa shape index (κ3) is 3.50. The molecule has 0 saturated carbocycles. The standard InChI is InChI=1S/C16H14Cl2N2O3S/c17-11-5-6-14(15(18)9-11)16(21)19-12-3-1-4-13(10-12)20-7-2-8-24(20,22)23/h1,3-6,9-10H,2,7-8H2,(H,19,21). The van der Waals surface area contributed by atoms with Gasteiger partial charge < -0.3 is 5.32 Å². The first-order valence-electron chi connectivity index (χ1n) is 7.24. The molecule has 126 valence electrons. The zero-order chi connectivity index (χ0) is 17.3. The fourth-order valence-electron chi connectivity index (χ4n) is 2.54. The number of amides is 1. The third-order valence-corrected chi connectivity index (χ3v) is 6.08. The van der Waals surface area contributed by atoms with Gasteiger partial charge in [-0.1, -0.05) is 29.3 Å². The van der Waals surface area contributed by atoms with Gasteiger partial charge in [-0.05, 0) is 42.8 Å². The number of nitrogens with zero attached hydrogens (tertiary/aromatic N) is 1. The van der Waals surface area contributed by atoms with Crippen LogP contribution in [-0.4, -0.2) is 26.6 Å². The Bertz CT molecular complexity index is 900. The average molecular weight is 385 g/mol. The fourth-order valence-corrected chi connectivity index (χ4v) is 4.59. The number of rotatable bonds is 3. The van der Waals surface area contributed by atoms with Gasteiger partial charge in [0.05, 0.1) is 22.0 Å². The zero-order valence-corrected chi connectivity index (χ0v) is 14.8. The first kappa shape index (κ1) is 17.1. The summed E-state index contributed by atoms with van der Waals surface area (Å²) < 4.78 is 25.4. The molecule has 1 amide bonds. The lowest BCUT2D eigenvalue weighted by molar-refractivity contribution is 0.102. The van der Waals surface area contributed by atoms with Crippen molar-refractivity contribution in [2.24, 2.45) is 0 Å². The maximum Gasteiger partial charge on any atom is 0.257 e. The summed E-state index contributed by atoms with van der Waals surface area (Å²) in [5.74, 6) is -0.248. The van der Waals surface area contributed by atoms with Gasteiger partial charge in [0.15, 0.2) is 0 Å². The Morgan fingerprint density at radius 2 is 1.92 bits per heavy atom. The van der Waals surface area contributed by atoms with Crippen LogP contribution >= 0.6 is 23.2 Å². The number of hydrogen-bond acceptors (Lipinski definition) is 3. The van der Waals surface area contributed by atoms with E-state index >= 15 is 0 Å². The lowest BCUT2D eigenvalue weighted by atomic mass is 10.2. The number of anilines is 2. The normalized spacial score (nSPS) is 16.2. The molecule has 3 rings (SSSR count). The Hall–Kier alpha value is -1.76. The zero-order valence-electron chi connectivity index (χ0n) is 12.5. The molecule has 0 atom stereocenters. The molecule has 1 aliphatic heterocycles. The number of hydrogen-bond donors (Lipinski definition) is 1. The molecule has 0 aromatic heterocycles. The third-order valence-electron chi connectivity index (χ3n) is 3.67. The lowest BCUT2D eigenvalue weighted by Crippen LogP contribution is -2.25. The molecule has 0 unspecified atom stereocenters. The predicted molar refractivity (Wildman–Crippen MR) is 96.6 cm³/mol. The van der Waals surface area contributed by atoms with E-state index in [2.05, 4.69) is 5.32 Å². The molecule has 24 heavy (non-hydrogen) atoms. The van der Waals surface area contributed by atoms with Gasteiger partial charge in [-0.25, -0.2) is 8.42 Å². The van der Waals surface area contributed by atoms with Crippen molar-refractivity contribution in [1.29, 1.82) is 0 Å². The highest BCUT2D eigenvalue weighted by Crippen LogP contribution is 2.27. The molecule has 5 nitrogen and oxygen atoms in total. The van der Waals surface area contributed by atoms with E-state index in [9.17, 15) is 13.2 Å². The van der Waals surface area contributed by atoms with Crippen molar-refractivity contribution in [3.63, 3.8) is 0 Å². The molecule has 1 heterocycles. The Morgan fingerprint density at radius 3 is 2.58 bits per heavy atom. The van der Waals surface area contributed by atoms with Crippen molar-refractivity contribution in [2.75, 3.05) is 21.9 Å². The molecule has 0 spiro atoms. The highest BCUT2D eigenvalue weighted by Gasteiger charge is 2.28. The number of carbonyl (C=O) groups is 1. The van der Waals surface area contributed by atoms with Crippen LogP contribution in [0.2, 0.25) is 10.0 Å². The van der Waals surface area contributed by atoms with Gasteiger partial charge in [0.1, 0.15) is 0 Å². The van der Waals surface area contributed by atoms with E-state index < -0.39 is 15.9 Å². The SMILES string of the molecule is O=C(Nc1cccc(N2CCCS2(=O)=O)c1)c1ccc(Cl)cc1Cl. The summed E-state index contributed by atoms with van der Waals surface area (Å²) in [6.07, 6.45) is 0.597. The molecule has 2 aromatic carbocycles. The van der Waals surface area contributed by atoms with Gasteiger partial charge in [0.2, 0.25) is 10.0 Å². The molecular formula is C16H14Cl2N2O3S. The maximum atomic E-state index is 12.3. The second kappa shape index (κ2) is 6.63. The molecule has 0 aliphatic carbocycles. The van der Waals surface area contributed by atoms with E-state index in [0.717, 1.165) is 0 Å². The summed E-state index contributed by atoms with van der Waals surface area (Å²) in [7, 11) is -3.26. The van der Waals surface area contributed by atoms with Gasteiger partial charge in [-0.15, -0.1) is 0 Å². The quantitative estimate of drug-likeness (QED) is 0.875. The highest BCUT2D eigenvalue weighted by atomic mass is 35.5. The van der Waals surface area contributed by atoms with Gasteiger partial charge in [-0.2, -0.15) is 0 Å². The van der Waals surface area contributed by atoms with E-state index in [4.69, 9.17) is 23.2 Å². The second-order valence-electron chi connectivity index (χ2n) is 5.37. The number of sulfonamides is 1. The molecule has 8 heteroatoms. The summed E-state index contributed by atoms with van der Waals surface area (Å²) in [4.78, 5) is 12.3. The Morgan fingerprint density at radius 1 is 1.12 bits per heavy atom. The van der Waals surface area contributed by atoms with Crippen LogP contribution in [0.5, 0.6) is 0 Å². The van der Waals surface area contributed by atoms with Crippen LogP contribution in [0, 0.1) is 0 Å². The van der Waals surface area contributed by atoms with Crippen molar-refractivity contribution in [3.8, 4) is 0 Å². The summed E-state index contributed by atoms with van der Waals surface area (Å²) in [5.41, 5.74) is 1.32. The molecule has 1 fully saturated rings. The molecule has 1 aliphatic rings. The van der Waals surface area contributed by atoms with Crippen LogP contribution < -0.4 is 9.62 Å². The van der Waals surface area contributed by atoms with Crippen molar-refractivity contribution in [1.82, 2.24) is 0 Å². The molecule has 0 bridgehead atoms. The molecule has 1 saturated heterocycles. The lowest BCUT2D eigenvalue weighted by Gasteiger charge is -2.18. The van der Waals surface area contributed by atoms with Gasteiger partial charge in [0.25, 0.3) is 5.91 Å². The van der Waals surface area contributed by atoms with Crippen molar-refractivity contribution in [2.45, 2.75) is 6.42 Å². The smallest absolute Gasteiger partial charge is 0.257 e. The number of halogens is 2. The van der Waals surface area contributed by atoms with Crippen molar-refractivity contribution < 1.29 is 13.2 Å². The van der Waals surface area contributed by atoms with Crippen LogP contribution in [0.4, 0.5) is 11.4 Å². The van der Waals surface area contributed by atoms with Crippen molar-refractivity contribution in [3.05, 3.63) is 58.1 Å². The fraction of sp³-hybridized carbons (Fsp3) is 0.188. The van der Waals surface area contributed by atoms with Gasteiger partial charge in [0, 0.05) is 17.3 Å². The van der Waals surface area contributed by atoms with Crippen molar-refractivity contribution >= 4 is 50.5 Å². The summed E-state index contributed by atoms with van der Waals surface area (Å²) in [6.45, 7) is 0.447. The first-order chi connectivity index (χ1) is 11.4. The topological polar surface area (TPSA) is 66.5 Å². The highest BCUT2D eigenvalue weighted by molar-refractivity contribution is 7.93. The number of nitrogens with one attached hydrogen (secondary N) is 1. The molecular weight excluding hydrogens is 371 g/mol. The largest absolute Gasteiger partial charge is 0.322 e. The van der Waals surface area contributed by atoms with Crippen LogP contribution in [0.15, 0.2) is 42.5 Å². The molecule has 2 aromatic rings. The minimum absolute atomic E-state index is 0.143. The van der Waals surface area contributed by atoms with E-state index in [-0.39, 0.29) is 10.8 Å². The summed E-state index contributed by atoms with van der Waals surface area (Å²) in [6, 6.07) is 11.3. The second-order valence-corrected chi connectivity index (χ2v) is 8.23. The van der Waals surface area contributed by atoms with Crippen LogP contribution in [0.3, 0.4) is 0 Å². The maximum absolute atomic E-state index is 12.3. The predicted octanol–water partition coefficient (Wildman–Crippen LogP) is 3.79. The van der Waals surface area contributed by atoms with E-state index in [1.807, 2.05) is 0 Å². The van der Waals surface area contributed by atoms with Gasteiger partial charge >= 0.3 is 0 Å². The molecule has 1 N–H and O–H groups in total. The van der Waals surface area contributed by atoms with E-state index in [1.165, 1.54) is 16.4 Å². The minimum atomic E-state index is -3.26. The minimum Gasteiger partial charge on any atom is -0.322 e. The summed E-state index contributed by atoms with van der Waals surface area (Å²) >= 11 is 11.9. The van der Waals surface area contributed by atoms with Crippen LogP contribution in [0.25, 0.3) is 0 Å². The first-order valence-corrected chi connectivity index (χ1v) is 9.60. The molecule has 0 radical (unpaired) electrons. The van der Waals surface area contributed by atoms with E-state index in [0.29, 0.717) is 34.9 Å². The van der Waals surface area contributed by atoms with Crippen LogP contribution in [0.1, 0.15) is 16.8 Å². The number of benzene rings is 2. The Kier molecular flexibility index (Phi) is 4.71. The number of carbonyl (C=O) groups excluding carboxylic acids is 1. The van der Waals surface area contributed by atoms with Crippen LogP contribution in [-0.2, 0) is 10.0 Å². The van der Waals surface area contributed by atoms with Gasteiger partial charge in [-0.3, -0.25) is 9.10 Å². The monoisotopic (exact) mass is 384 g/mol. The Labute approximate surface area is 150 Å². The summed E-state index contributed by atoms with van der Waals surface area (Å²) in [5, 5.41) is 3.41.